The Bertz CT molecular complexity index is 763. The Morgan fingerprint density at radius 2 is 2.00 bits per heavy atom. The molecular weight excluding hydrogens is 392 g/mol. The van der Waals surface area contributed by atoms with E-state index in [0.717, 1.165) is 25.7 Å². The molecule has 2 aliphatic rings. The van der Waals surface area contributed by atoms with Crippen molar-refractivity contribution in [1.29, 1.82) is 0 Å². The molecule has 2 fully saturated rings. The number of esters is 1. The third kappa shape index (κ3) is 5.10. The van der Waals surface area contributed by atoms with Crippen molar-refractivity contribution in [2.75, 3.05) is 12.4 Å². The molecule has 2 atom stereocenters. The highest BCUT2D eigenvalue weighted by Crippen LogP contribution is 2.41. The fourth-order valence-electron chi connectivity index (χ4n) is 4.00. The van der Waals surface area contributed by atoms with Gasteiger partial charge in [0.05, 0.1) is 16.9 Å². The number of carbonyl (C=O) groups is 2. The summed E-state index contributed by atoms with van der Waals surface area (Å²) in [7, 11) is 0. The molecule has 0 N–H and O–H groups in total. The van der Waals surface area contributed by atoms with E-state index in [1.807, 2.05) is 13.8 Å². The summed E-state index contributed by atoms with van der Waals surface area (Å²) in [6.45, 7) is 4.24. The standard InChI is InChI=1S/C21H28N2O5S/c1-14(2)12-28-21(25)18-13-29-20(15-7-4-3-5-8-15)22(18)19(24)16-9-6-10-17(11-16)23(26)27/h6,9-11,14-15,18,20H,3-5,7-8,12-13H2,1-2H3. The molecule has 1 amide bonds. The third-order valence-electron chi connectivity index (χ3n) is 5.46. The lowest BCUT2D eigenvalue weighted by molar-refractivity contribution is -0.384. The van der Waals surface area contributed by atoms with Gasteiger partial charge >= 0.3 is 5.97 Å². The monoisotopic (exact) mass is 420 g/mol. The van der Waals surface area contributed by atoms with E-state index < -0.39 is 11.0 Å². The summed E-state index contributed by atoms with van der Waals surface area (Å²) >= 11 is 1.63. The molecule has 0 bridgehead atoms. The molecule has 7 nitrogen and oxygen atoms in total. The van der Waals surface area contributed by atoms with E-state index in [2.05, 4.69) is 0 Å². The van der Waals surface area contributed by atoms with E-state index in [0.29, 0.717) is 18.3 Å². The van der Waals surface area contributed by atoms with Gasteiger partial charge in [-0.2, -0.15) is 0 Å². The molecule has 1 heterocycles. The van der Waals surface area contributed by atoms with Gasteiger partial charge in [-0.25, -0.2) is 4.79 Å². The average molecular weight is 421 g/mol. The second-order valence-electron chi connectivity index (χ2n) is 8.18. The van der Waals surface area contributed by atoms with Gasteiger partial charge in [0.1, 0.15) is 6.04 Å². The predicted octanol–water partition coefficient (Wildman–Crippen LogP) is 4.26. The fraction of sp³-hybridized carbons (Fsp3) is 0.619. The zero-order valence-electron chi connectivity index (χ0n) is 16.9. The van der Waals surface area contributed by atoms with Crippen molar-refractivity contribution in [1.82, 2.24) is 4.90 Å². The minimum absolute atomic E-state index is 0.0985. The lowest BCUT2D eigenvalue weighted by Gasteiger charge is -2.35. The Morgan fingerprint density at radius 1 is 1.28 bits per heavy atom. The van der Waals surface area contributed by atoms with Crippen LogP contribution in [0.4, 0.5) is 5.69 Å². The van der Waals surface area contributed by atoms with E-state index in [9.17, 15) is 19.7 Å². The number of hydrogen-bond donors (Lipinski definition) is 0. The van der Waals surface area contributed by atoms with E-state index in [-0.39, 0.29) is 34.4 Å². The van der Waals surface area contributed by atoms with Crippen molar-refractivity contribution in [3.8, 4) is 0 Å². The van der Waals surface area contributed by atoms with Gasteiger partial charge < -0.3 is 9.64 Å². The first-order chi connectivity index (χ1) is 13.9. The number of amides is 1. The van der Waals surface area contributed by atoms with Crippen LogP contribution in [0.3, 0.4) is 0 Å². The Kier molecular flexibility index (Phi) is 7.16. The molecule has 1 aliphatic carbocycles. The summed E-state index contributed by atoms with van der Waals surface area (Å²) < 4.78 is 5.45. The lowest BCUT2D eigenvalue weighted by atomic mass is 9.88. The minimum atomic E-state index is -0.655. The summed E-state index contributed by atoms with van der Waals surface area (Å²) in [4.78, 5) is 38.4. The number of benzene rings is 1. The second kappa shape index (κ2) is 9.61. The topological polar surface area (TPSA) is 89.8 Å². The van der Waals surface area contributed by atoms with Crippen molar-refractivity contribution >= 4 is 29.3 Å². The summed E-state index contributed by atoms with van der Waals surface area (Å²) in [6, 6.07) is 5.09. The van der Waals surface area contributed by atoms with E-state index in [1.165, 1.54) is 24.6 Å². The van der Waals surface area contributed by atoms with Crippen LogP contribution in [0.5, 0.6) is 0 Å². The second-order valence-corrected chi connectivity index (χ2v) is 9.33. The zero-order chi connectivity index (χ0) is 21.0. The Morgan fingerprint density at radius 3 is 2.66 bits per heavy atom. The maximum absolute atomic E-state index is 13.4. The van der Waals surface area contributed by atoms with Gasteiger partial charge in [0.15, 0.2) is 0 Å². The molecule has 1 aromatic rings. The molecule has 1 saturated carbocycles. The summed E-state index contributed by atoms with van der Waals surface area (Å²) in [5.74, 6) is 0.324. The van der Waals surface area contributed by atoms with Crippen molar-refractivity contribution in [2.24, 2.45) is 11.8 Å². The third-order valence-corrected chi connectivity index (χ3v) is 6.92. The lowest BCUT2D eigenvalue weighted by Crippen LogP contribution is -2.48. The maximum atomic E-state index is 13.4. The normalized spacial score (nSPS) is 22.7. The smallest absolute Gasteiger partial charge is 0.329 e. The van der Waals surface area contributed by atoms with Crippen molar-refractivity contribution in [2.45, 2.75) is 57.4 Å². The van der Waals surface area contributed by atoms with Crippen molar-refractivity contribution in [3.63, 3.8) is 0 Å². The van der Waals surface area contributed by atoms with Crippen LogP contribution in [0.1, 0.15) is 56.3 Å². The van der Waals surface area contributed by atoms with E-state index in [1.54, 1.807) is 22.7 Å². The first-order valence-electron chi connectivity index (χ1n) is 10.2. The van der Waals surface area contributed by atoms with Gasteiger partial charge in [-0.15, -0.1) is 11.8 Å². The molecule has 1 aromatic carbocycles. The molecule has 8 heteroatoms. The largest absolute Gasteiger partial charge is 0.464 e. The number of carbonyl (C=O) groups excluding carboxylic acids is 2. The Hall–Kier alpha value is -2.09. The fourth-order valence-corrected chi connectivity index (χ4v) is 5.62. The number of non-ortho nitro benzene ring substituents is 1. The molecule has 158 valence electrons. The number of ether oxygens (including phenoxy) is 1. The van der Waals surface area contributed by atoms with Crippen LogP contribution >= 0.6 is 11.8 Å². The molecule has 0 radical (unpaired) electrons. The van der Waals surface area contributed by atoms with Crippen LogP contribution in [0, 0.1) is 22.0 Å². The maximum Gasteiger partial charge on any atom is 0.329 e. The number of nitro groups is 1. The quantitative estimate of drug-likeness (QED) is 0.388. The van der Waals surface area contributed by atoms with Crippen molar-refractivity contribution < 1.29 is 19.2 Å². The SMILES string of the molecule is CC(C)COC(=O)C1CSC(C2CCCCC2)N1C(=O)c1cccc([N+](=O)[O-])c1. The van der Waals surface area contributed by atoms with E-state index in [4.69, 9.17) is 4.74 Å². The molecule has 1 aliphatic heterocycles. The molecule has 0 aromatic heterocycles. The van der Waals surface area contributed by atoms with Crippen LogP contribution in [0.25, 0.3) is 0 Å². The highest BCUT2D eigenvalue weighted by atomic mass is 32.2. The van der Waals surface area contributed by atoms with Gasteiger partial charge in [0, 0.05) is 23.4 Å². The van der Waals surface area contributed by atoms with Crippen LogP contribution in [0.15, 0.2) is 24.3 Å². The number of rotatable bonds is 6. The summed E-state index contributed by atoms with van der Waals surface area (Å²) in [6.07, 6.45) is 5.52. The zero-order valence-corrected chi connectivity index (χ0v) is 17.7. The average Bonchev–Trinajstić information content (AvgIpc) is 3.17. The molecule has 3 rings (SSSR count). The Balaban J connectivity index is 1.87. The molecule has 1 saturated heterocycles. The molecule has 2 unspecified atom stereocenters. The molecule has 0 spiro atoms. The number of thioether (sulfide) groups is 1. The summed E-state index contributed by atoms with van der Waals surface area (Å²) in [5, 5.41) is 11.0. The highest BCUT2D eigenvalue weighted by molar-refractivity contribution is 8.00. The van der Waals surface area contributed by atoms with Gasteiger partial charge in [0.2, 0.25) is 0 Å². The first kappa shape index (κ1) is 21.6. The van der Waals surface area contributed by atoms with Gasteiger partial charge in [0.25, 0.3) is 11.6 Å². The van der Waals surface area contributed by atoms with Crippen LogP contribution in [0.2, 0.25) is 0 Å². The predicted molar refractivity (Wildman–Crippen MR) is 112 cm³/mol. The highest BCUT2D eigenvalue weighted by Gasteiger charge is 2.46. The van der Waals surface area contributed by atoms with Crippen LogP contribution in [-0.4, -0.2) is 45.5 Å². The number of hydrogen-bond acceptors (Lipinski definition) is 6. The summed E-state index contributed by atoms with van der Waals surface area (Å²) in [5.41, 5.74) is 0.111. The van der Waals surface area contributed by atoms with Gasteiger partial charge in [-0.1, -0.05) is 39.2 Å². The Labute approximate surface area is 175 Å². The van der Waals surface area contributed by atoms with Crippen LogP contribution < -0.4 is 0 Å². The number of nitro benzene ring substituents is 1. The van der Waals surface area contributed by atoms with Crippen LogP contribution in [-0.2, 0) is 9.53 Å². The van der Waals surface area contributed by atoms with Gasteiger partial charge in [-0.05, 0) is 30.7 Å². The van der Waals surface area contributed by atoms with E-state index >= 15 is 0 Å². The number of nitrogens with zero attached hydrogens (tertiary/aromatic N) is 2. The first-order valence-corrected chi connectivity index (χ1v) is 11.3. The van der Waals surface area contributed by atoms with Crippen molar-refractivity contribution in [3.05, 3.63) is 39.9 Å². The molecular formula is C21H28N2O5S. The van der Waals surface area contributed by atoms with Gasteiger partial charge in [-0.3, -0.25) is 14.9 Å². The molecule has 29 heavy (non-hydrogen) atoms. The minimum Gasteiger partial charge on any atom is -0.464 e.